The van der Waals surface area contributed by atoms with Crippen molar-refractivity contribution in [2.75, 3.05) is 65.7 Å². The number of piperazine rings is 1. The maximum Gasteiger partial charge on any atom is 0.410 e. The zero-order chi connectivity index (χ0) is 32.5. The average molecular weight is 630 g/mol. The number of nitrogens with zero attached hydrogens (tertiary/aromatic N) is 3. The van der Waals surface area contributed by atoms with Gasteiger partial charge in [0.1, 0.15) is 19.3 Å². The van der Waals surface area contributed by atoms with Gasteiger partial charge in [0, 0.05) is 39.1 Å². The zero-order valence-electron chi connectivity index (χ0n) is 26.7. The Hall–Kier alpha value is -3.71. The van der Waals surface area contributed by atoms with Gasteiger partial charge < -0.3 is 39.5 Å². The van der Waals surface area contributed by atoms with E-state index in [-0.39, 0.29) is 88.8 Å². The van der Waals surface area contributed by atoms with Crippen molar-refractivity contribution < 1.29 is 38.2 Å². The molecule has 3 fully saturated rings. The highest BCUT2D eigenvalue weighted by molar-refractivity contribution is 5.89. The molecule has 0 aliphatic carbocycles. The molecule has 45 heavy (non-hydrogen) atoms. The average Bonchev–Trinajstić information content (AvgIpc) is 3.00. The fraction of sp³-hybridized carbons (Fsp3) is 0.656. The van der Waals surface area contributed by atoms with Gasteiger partial charge >= 0.3 is 6.09 Å². The number of rotatable bonds is 3. The van der Waals surface area contributed by atoms with E-state index >= 15 is 0 Å². The van der Waals surface area contributed by atoms with Crippen LogP contribution in [0, 0.1) is 5.41 Å². The lowest BCUT2D eigenvalue weighted by Gasteiger charge is -2.45. The first-order valence-corrected chi connectivity index (χ1v) is 15.7. The lowest BCUT2D eigenvalue weighted by Crippen LogP contribution is -2.64. The summed E-state index contributed by atoms with van der Waals surface area (Å²) in [5.74, 6) is -1.04. The van der Waals surface area contributed by atoms with Gasteiger partial charge in [-0.25, -0.2) is 4.79 Å². The van der Waals surface area contributed by atoms with Gasteiger partial charge in [-0.05, 0) is 23.8 Å². The fourth-order valence-electron chi connectivity index (χ4n) is 5.85. The second-order valence-corrected chi connectivity index (χ2v) is 13.2. The van der Waals surface area contributed by atoms with Crippen molar-refractivity contribution in [2.45, 2.75) is 64.6 Å². The van der Waals surface area contributed by atoms with Crippen LogP contribution in [0.1, 0.15) is 52.0 Å². The molecule has 0 aromatic heterocycles. The molecule has 0 bridgehead atoms. The molecule has 0 unspecified atom stereocenters. The molecular formula is C32H47N5O8. The third kappa shape index (κ3) is 10.1. The van der Waals surface area contributed by atoms with Crippen LogP contribution in [-0.2, 0) is 40.0 Å². The van der Waals surface area contributed by atoms with Crippen molar-refractivity contribution in [2.24, 2.45) is 5.41 Å². The molecule has 3 aliphatic heterocycles. The van der Waals surface area contributed by atoms with E-state index in [9.17, 15) is 24.0 Å². The lowest BCUT2D eigenvalue weighted by atomic mass is 9.82. The van der Waals surface area contributed by atoms with Gasteiger partial charge in [0.2, 0.25) is 23.6 Å². The summed E-state index contributed by atoms with van der Waals surface area (Å²) in [4.78, 5) is 71.0. The molecule has 5 amide bonds. The van der Waals surface area contributed by atoms with Crippen LogP contribution in [0.5, 0.6) is 0 Å². The Morgan fingerprint density at radius 1 is 0.956 bits per heavy atom. The van der Waals surface area contributed by atoms with Crippen LogP contribution < -0.4 is 10.6 Å². The van der Waals surface area contributed by atoms with E-state index in [1.54, 1.807) is 4.90 Å². The van der Waals surface area contributed by atoms with Crippen LogP contribution in [0.4, 0.5) is 4.79 Å². The van der Waals surface area contributed by atoms with Gasteiger partial charge in [0.15, 0.2) is 0 Å². The minimum absolute atomic E-state index is 0.0334. The van der Waals surface area contributed by atoms with Crippen LogP contribution >= 0.6 is 0 Å². The molecule has 1 aromatic rings. The first kappa shape index (κ1) is 34.2. The summed E-state index contributed by atoms with van der Waals surface area (Å²) < 4.78 is 16.5. The molecule has 0 radical (unpaired) electrons. The maximum absolute atomic E-state index is 14.0. The second-order valence-electron chi connectivity index (χ2n) is 13.2. The van der Waals surface area contributed by atoms with Crippen molar-refractivity contribution in [3.05, 3.63) is 35.9 Å². The largest absolute Gasteiger partial charge is 0.445 e. The highest BCUT2D eigenvalue weighted by Crippen LogP contribution is 2.30. The lowest BCUT2D eigenvalue weighted by molar-refractivity contribution is -0.146. The smallest absolute Gasteiger partial charge is 0.410 e. The molecule has 1 atom stereocenters. The monoisotopic (exact) mass is 629 g/mol. The molecule has 4 rings (SSSR count). The zero-order valence-corrected chi connectivity index (χ0v) is 26.7. The Balaban J connectivity index is 1.49. The number of benzene rings is 1. The normalized spacial score (nSPS) is 22.3. The third-order valence-electron chi connectivity index (χ3n) is 8.27. The summed E-state index contributed by atoms with van der Waals surface area (Å²) in [5.41, 5.74) is -0.243. The molecule has 1 aromatic carbocycles. The Morgan fingerprint density at radius 2 is 1.67 bits per heavy atom. The summed E-state index contributed by atoms with van der Waals surface area (Å²) >= 11 is 0. The quantitative estimate of drug-likeness (QED) is 0.509. The Kier molecular flexibility index (Phi) is 11.8. The van der Waals surface area contributed by atoms with E-state index in [0.717, 1.165) is 5.56 Å². The molecule has 3 heterocycles. The molecular weight excluding hydrogens is 582 g/mol. The molecule has 3 saturated heterocycles. The number of hydrogen-bond acceptors (Lipinski definition) is 8. The fourth-order valence-corrected chi connectivity index (χ4v) is 5.85. The molecule has 0 saturated carbocycles. The number of hydrogen-bond donors (Lipinski definition) is 2. The number of fused-ring (bicyclic) bond motifs is 1. The number of amides is 5. The first-order valence-electron chi connectivity index (χ1n) is 15.7. The van der Waals surface area contributed by atoms with Gasteiger partial charge in [0.25, 0.3) is 0 Å². The van der Waals surface area contributed by atoms with E-state index in [4.69, 9.17) is 14.2 Å². The summed E-state index contributed by atoms with van der Waals surface area (Å²) in [6, 6.07) is 8.35. The predicted molar refractivity (Wildman–Crippen MR) is 164 cm³/mol. The van der Waals surface area contributed by atoms with Crippen molar-refractivity contribution in [3.63, 3.8) is 0 Å². The standard InChI is InChI=1S/C32H47N5O8/c1-31(2,3)19-27(39)35-12-9-32(10-13-35)20-28(40)37-15-14-36(30(42)45-22-24-7-5-4-6-8-24)21-25(37)29(41)33-11-16-43-17-18-44-23-26(38)34-32/h4-8,25H,9-23H2,1-3H3,(H,33,41)(H,34,38)/t25-/m0/s1. The van der Waals surface area contributed by atoms with E-state index in [2.05, 4.69) is 10.6 Å². The molecule has 248 valence electrons. The van der Waals surface area contributed by atoms with E-state index < -0.39 is 23.6 Å². The van der Waals surface area contributed by atoms with Crippen LogP contribution in [-0.4, -0.2) is 122 Å². The van der Waals surface area contributed by atoms with Crippen molar-refractivity contribution in [1.82, 2.24) is 25.3 Å². The minimum atomic E-state index is -0.951. The highest BCUT2D eigenvalue weighted by atomic mass is 16.6. The number of carbonyl (C=O) groups is 5. The minimum Gasteiger partial charge on any atom is -0.445 e. The van der Waals surface area contributed by atoms with E-state index in [0.29, 0.717) is 32.4 Å². The van der Waals surface area contributed by atoms with Crippen LogP contribution in [0.15, 0.2) is 30.3 Å². The van der Waals surface area contributed by atoms with Gasteiger partial charge in [-0.3, -0.25) is 19.2 Å². The van der Waals surface area contributed by atoms with E-state index in [1.807, 2.05) is 51.1 Å². The highest BCUT2D eigenvalue weighted by Gasteiger charge is 2.44. The van der Waals surface area contributed by atoms with Gasteiger partial charge in [0.05, 0.1) is 38.3 Å². The Bertz CT molecular complexity index is 1200. The molecule has 1 spiro atoms. The predicted octanol–water partition coefficient (Wildman–Crippen LogP) is 1.30. The summed E-state index contributed by atoms with van der Waals surface area (Å²) in [6.07, 6.45) is 0.546. The Labute approximate surface area is 264 Å². The number of carbonyl (C=O) groups excluding carboxylic acids is 5. The number of ether oxygens (including phenoxy) is 3. The van der Waals surface area contributed by atoms with Crippen molar-refractivity contribution in [1.29, 1.82) is 0 Å². The molecule has 13 heteroatoms. The number of piperidine rings is 1. The molecule has 2 N–H and O–H groups in total. The van der Waals surface area contributed by atoms with Crippen LogP contribution in [0.3, 0.4) is 0 Å². The molecule has 3 aliphatic rings. The SMILES string of the molecule is CC(C)(C)CC(=O)N1CCC2(CC1)CC(=O)N1CCN(C(=O)OCc3ccccc3)C[C@H]1C(=O)NCCOCCOCC(=O)N2. The molecule has 13 nitrogen and oxygen atoms in total. The van der Waals surface area contributed by atoms with Gasteiger partial charge in [-0.1, -0.05) is 51.1 Å². The summed E-state index contributed by atoms with van der Waals surface area (Å²) in [6.45, 7) is 7.87. The third-order valence-corrected chi connectivity index (χ3v) is 8.27. The van der Waals surface area contributed by atoms with Gasteiger partial charge in [-0.15, -0.1) is 0 Å². The maximum atomic E-state index is 14.0. The summed E-state index contributed by atoms with van der Waals surface area (Å²) in [5, 5.41) is 5.87. The number of nitrogens with one attached hydrogen (secondary N) is 2. The Morgan fingerprint density at radius 3 is 2.38 bits per heavy atom. The number of likely N-dealkylation sites (tertiary alicyclic amines) is 1. The topological polar surface area (TPSA) is 147 Å². The first-order chi connectivity index (χ1) is 21.4. The van der Waals surface area contributed by atoms with Gasteiger partial charge in [-0.2, -0.15) is 0 Å². The van der Waals surface area contributed by atoms with E-state index in [1.165, 1.54) is 9.80 Å². The van der Waals surface area contributed by atoms with Crippen molar-refractivity contribution in [3.8, 4) is 0 Å². The summed E-state index contributed by atoms with van der Waals surface area (Å²) in [7, 11) is 0. The van der Waals surface area contributed by atoms with Crippen LogP contribution in [0.25, 0.3) is 0 Å². The van der Waals surface area contributed by atoms with Crippen LogP contribution in [0.2, 0.25) is 0 Å². The van der Waals surface area contributed by atoms with Crippen molar-refractivity contribution >= 4 is 29.7 Å². The second kappa shape index (κ2) is 15.5.